The molecule has 1 rings (SSSR count). The second kappa shape index (κ2) is 4.36. The Labute approximate surface area is 93.7 Å². The number of nitrogens with zero attached hydrogens (tertiary/aromatic N) is 1. The van der Waals surface area contributed by atoms with E-state index in [0.29, 0.717) is 5.69 Å². The van der Waals surface area contributed by atoms with Gasteiger partial charge >= 0.3 is 5.97 Å². The summed E-state index contributed by atoms with van der Waals surface area (Å²) in [6, 6.07) is 5.52. The molecule has 0 spiro atoms. The van der Waals surface area contributed by atoms with E-state index >= 15 is 0 Å². The second-order valence-electron chi connectivity index (χ2n) is 3.03. The van der Waals surface area contributed by atoms with Crippen LogP contribution in [0.15, 0.2) is 36.3 Å². The smallest absolute Gasteiger partial charge is 0.335 e. The fraction of sp³-hybridized carbons (Fsp3) is 0.100. The summed E-state index contributed by atoms with van der Waals surface area (Å²) in [6.07, 6.45) is 0. The maximum Gasteiger partial charge on any atom is 0.335 e. The van der Waals surface area contributed by atoms with Crippen LogP contribution in [0.4, 0.5) is 5.69 Å². The van der Waals surface area contributed by atoms with Crippen LogP contribution in [0.3, 0.4) is 0 Å². The maximum atomic E-state index is 11.4. The highest BCUT2D eigenvalue weighted by Gasteiger charge is 2.14. The Morgan fingerprint density at radius 2 is 1.88 bits per heavy atom. The van der Waals surface area contributed by atoms with Gasteiger partial charge in [0, 0.05) is 12.5 Å². The summed E-state index contributed by atoms with van der Waals surface area (Å²) >= 11 is 0. The Kier molecular flexibility index (Phi) is 3.34. The highest BCUT2D eigenvalue weighted by atomic mass is 32.2. The lowest BCUT2D eigenvalue weighted by molar-refractivity contribution is 0.0697. The van der Waals surface area contributed by atoms with Crippen molar-refractivity contribution in [1.82, 2.24) is 0 Å². The van der Waals surface area contributed by atoms with Crippen LogP contribution in [0.1, 0.15) is 10.4 Å². The molecule has 0 aliphatic carbocycles. The van der Waals surface area contributed by atoms with Crippen LogP contribution in [0.2, 0.25) is 0 Å². The standard InChI is InChI=1S/C10H11NO4S/c1-3-16(14,15)11(2)9-6-4-8(5-7-9)10(12)13/h3-7H,1H2,2H3,(H,12,13). The Balaban J connectivity index is 3.08. The van der Waals surface area contributed by atoms with Gasteiger partial charge in [0.1, 0.15) is 0 Å². The lowest BCUT2D eigenvalue weighted by atomic mass is 10.2. The first-order valence-corrected chi connectivity index (χ1v) is 5.83. The summed E-state index contributed by atoms with van der Waals surface area (Å²) in [5.41, 5.74) is 0.484. The summed E-state index contributed by atoms with van der Waals surface area (Å²) in [5.74, 6) is -1.05. The van der Waals surface area contributed by atoms with E-state index in [1.165, 1.54) is 31.3 Å². The fourth-order valence-electron chi connectivity index (χ4n) is 1.07. The zero-order chi connectivity index (χ0) is 12.3. The molecule has 1 aromatic carbocycles. The molecule has 6 heteroatoms. The van der Waals surface area contributed by atoms with Gasteiger partial charge < -0.3 is 5.11 Å². The van der Waals surface area contributed by atoms with Crippen LogP contribution in [-0.4, -0.2) is 26.5 Å². The van der Waals surface area contributed by atoms with Gasteiger partial charge in [-0.3, -0.25) is 4.31 Å². The van der Waals surface area contributed by atoms with Gasteiger partial charge in [0.15, 0.2) is 0 Å². The first kappa shape index (κ1) is 12.3. The van der Waals surface area contributed by atoms with Crippen LogP contribution in [-0.2, 0) is 10.0 Å². The number of sulfonamides is 1. The van der Waals surface area contributed by atoms with Gasteiger partial charge in [0.25, 0.3) is 10.0 Å². The molecular weight excluding hydrogens is 230 g/mol. The zero-order valence-electron chi connectivity index (χ0n) is 8.62. The molecule has 0 heterocycles. The molecule has 0 fully saturated rings. The van der Waals surface area contributed by atoms with Crippen molar-refractivity contribution < 1.29 is 18.3 Å². The molecule has 0 saturated heterocycles. The van der Waals surface area contributed by atoms with Crippen LogP contribution in [0.25, 0.3) is 0 Å². The van der Waals surface area contributed by atoms with E-state index < -0.39 is 16.0 Å². The molecule has 16 heavy (non-hydrogen) atoms. The number of aromatic carboxylic acids is 1. The van der Waals surface area contributed by atoms with Crippen molar-refractivity contribution in [2.45, 2.75) is 0 Å². The Bertz CT molecular complexity index is 504. The third kappa shape index (κ3) is 2.40. The normalized spacial score (nSPS) is 10.8. The predicted molar refractivity (Wildman–Crippen MR) is 60.9 cm³/mol. The number of carbonyl (C=O) groups is 1. The summed E-state index contributed by atoms with van der Waals surface area (Å²) in [4.78, 5) is 10.6. The van der Waals surface area contributed by atoms with Gasteiger partial charge in [-0.2, -0.15) is 0 Å². The predicted octanol–water partition coefficient (Wildman–Crippen LogP) is 1.29. The van der Waals surface area contributed by atoms with Crippen LogP contribution in [0.5, 0.6) is 0 Å². The summed E-state index contributed by atoms with van der Waals surface area (Å²) in [7, 11) is -2.17. The van der Waals surface area contributed by atoms with Crippen molar-refractivity contribution in [3.63, 3.8) is 0 Å². The number of hydrogen-bond donors (Lipinski definition) is 1. The molecule has 0 aromatic heterocycles. The quantitative estimate of drug-likeness (QED) is 0.862. The molecular formula is C10H11NO4S. The highest BCUT2D eigenvalue weighted by Crippen LogP contribution is 2.17. The molecule has 0 aliphatic rings. The van der Waals surface area contributed by atoms with E-state index in [-0.39, 0.29) is 5.56 Å². The molecule has 0 bridgehead atoms. The van der Waals surface area contributed by atoms with Gasteiger partial charge in [0.05, 0.1) is 11.3 Å². The molecule has 1 aromatic rings. The third-order valence-corrected chi connectivity index (χ3v) is 3.47. The molecule has 1 N–H and O–H groups in total. The minimum absolute atomic E-state index is 0.105. The number of hydrogen-bond acceptors (Lipinski definition) is 3. The largest absolute Gasteiger partial charge is 0.478 e. The average molecular weight is 241 g/mol. The lowest BCUT2D eigenvalue weighted by Crippen LogP contribution is -2.23. The molecule has 0 atom stereocenters. The number of carboxylic acids is 1. The Morgan fingerprint density at radius 1 is 1.38 bits per heavy atom. The van der Waals surface area contributed by atoms with Crippen molar-refractivity contribution >= 4 is 21.7 Å². The van der Waals surface area contributed by atoms with Crippen molar-refractivity contribution in [2.24, 2.45) is 0 Å². The van der Waals surface area contributed by atoms with Gasteiger partial charge in [-0.25, -0.2) is 13.2 Å². The van der Waals surface area contributed by atoms with Crippen LogP contribution in [0, 0.1) is 0 Å². The molecule has 0 radical (unpaired) electrons. The third-order valence-electron chi connectivity index (χ3n) is 2.07. The average Bonchev–Trinajstić information content (AvgIpc) is 2.28. The minimum Gasteiger partial charge on any atom is -0.478 e. The summed E-state index contributed by atoms with van der Waals surface area (Å²) in [5, 5.41) is 9.50. The van der Waals surface area contributed by atoms with Crippen molar-refractivity contribution in [1.29, 1.82) is 0 Å². The van der Waals surface area contributed by atoms with E-state index in [1.807, 2.05) is 0 Å². The van der Waals surface area contributed by atoms with Gasteiger partial charge in [0.2, 0.25) is 0 Å². The van der Waals surface area contributed by atoms with Crippen LogP contribution < -0.4 is 4.31 Å². The molecule has 0 aliphatic heterocycles. The molecule has 86 valence electrons. The van der Waals surface area contributed by atoms with E-state index in [2.05, 4.69) is 6.58 Å². The monoisotopic (exact) mass is 241 g/mol. The topological polar surface area (TPSA) is 74.7 Å². The fourth-order valence-corrected chi connectivity index (χ4v) is 1.71. The number of benzene rings is 1. The van der Waals surface area contributed by atoms with Gasteiger partial charge in [-0.05, 0) is 24.3 Å². The Morgan fingerprint density at radius 3 is 2.25 bits per heavy atom. The summed E-state index contributed by atoms with van der Waals surface area (Å²) < 4.78 is 23.8. The zero-order valence-corrected chi connectivity index (χ0v) is 9.44. The molecule has 0 amide bonds. The second-order valence-corrected chi connectivity index (χ2v) is 4.94. The first-order chi connectivity index (χ1) is 7.38. The van der Waals surface area contributed by atoms with Crippen molar-refractivity contribution in [3.8, 4) is 0 Å². The molecule has 5 nitrogen and oxygen atoms in total. The first-order valence-electron chi connectivity index (χ1n) is 4.33. The van der Waals surface area contributed by atoms with E-state index in [9.17, 15) is 13.2 Å². The lowest BCUT2D eigenvalue weighted by Gasteiger charge is -2.16. The molecule has 0 unspecified atom stereocenters. The summed E-state index contributed by atoms with van der Waals surface area (Å²) in [6.45, 7) is 3.20. The van der Waals surface area contributed by atoms with Crippen molar-refractivity contribution in [2.75, 3.05) is 11.4 Å². The number of rotatable bonds is 4. The van der Waals surface area contributed by atoms with E-state index in [1.54, 1.807) is 0 Å². The van der Waals surface area contributed by atoms with Crippen LogP contribution >= 0.6 is 0 Å². The molecule has 0 saturated carbocycles. The SMILES string of the molecule is C=CS(=O)(=O)N(C)c1ccc(C(=O)O)cc1. The van der Waals surface area contributed by atoms with E-state index in [0.717, 1.165) is 9.71 Å². The van der Waals surface area contributed by atoms with E-state index in [4.69, 9.17) is 5.11 Å². The van der Waals surface area contributed by atoms with Crippen molar-refractivity contribution in [3.05, 3.63) is 41.8 Å². The Hall–Kier alpha value is -1.82. The number of anilines is 1. The highest BCUT2D eigenvalue weighted by molar-refractivity contribution is 7.95. The van der Waals surface area contributed by atoms with Gasteiger partial charge in [-0.15, -0.1) is 0 Å². The number of carboxylic acid groups (broad SMARTS) is 1. The van der Waals surface area contributed by atoms with Gasteiger partial charge in [-0.1, -0.05) is 6.58 Å². The minimum atomic E-state index is -3.53. The maximum absolute atomic E-state index is 11.4.